The van der Waals surface area contributed by atoms with E-state index in [-0.39, 0.29) is 32.5 Å². The molecule has 0 unspecified atom stereocenters. The zero-order valence-corrected chi connectivity index (χ0v) is 15.5. The van der Waals surface area contributed by atoms with Crippen molar-refractivity contribution in [1.29, 1.82) is 0 Å². The van der Waals surface area contributed by atoms with Gasteiger partial charge in [-0.1, -0.05) is 0 Å². The number of carbonyl (C=O) groups is 1. The largest absolute Gasteiger partial charge is 0.496 e. The van der Waals surface area contributed by atoms with E-state index in [1.807, 2.05) is 0 Å². The number of anilines is 2. The summed E-state index contributed by atoms with van der Waals surface area (Å²) in [6.07, 6.45) is -2.76. The maximum absolute atomic E-state index is 13.0. The number of ether oxygens (including phenoxy) is 1. The summed E-state index contributed by atoms with van der Waals surface area (Å²) in [6.45, 7) is 1.59. The van der Waals surface area contributed by atoms with Gasteiger partial charge >= 0.3 is 0 Å². The Morgan fingerprint density at radius 2 is 2.11 bits per heavy atom. The highest BCUT2D eigenvalue weighted by Crippen LogP contribution is 2.37. The lowest BCUT2D eigenvalue weighted by Gasteiger charge is -2.07. The first-order chi connectivity index (χ1) is 13.2. The lowest BCUT2D eigenvalue weighted by Crippen LogP contribution is -2.13. The molecule has 2 heterocycles. The molecule has 0 saturated heterocycles. The number of halogens is 2. The van der Waals surface area contributed by atoms with E-state index in [2.05, 4.69) is 10.3 Å². The fourth-order valence-electron chi connectivity index (χ4n) is 2.69. The smallest absolute Gasteiger partial charge is 0.296 e. The van der Waals surface area contributed by atoms with Crippen LogP contribution in [0.3, 0.4) is 0 Å². The molecule has 0 atom stereocenters. The molecule has 1 aromatic carbocycles. The van der Waals surface area contributed by atoms with Crippen molar-refractivity contribution in [1.82, 2.24) is 4.98 Å². The number of methoxy groups -OCH3 is 1. The average molecular weight is 408 g/mol. The fourth-order valence-corrected chi connectivity index (χ4v) is 3.76. The second kappa shape index (κ2) is 7.35. The summed E-state index contributed by atoms with van der Waals surface area (Å²) < 4.78 is 30.9. The Hall–Kier alpha value is -3.34. The second-order valence-electron chi connectivity index (χ2n) is 5.78. The highest BCUT2D eigenvalue weighted by molar-refractivity contribution is 7.21. The van der Waals surface area contributed by atoms with Crippen molar-refractivity contribution in [2.75, 3.05) is 18.2 Å². The Kier molecular flexibility index (Phi) is 5.10. The predicted octanol–water partition coefficient (Wildman–Crippen LogP) is 4.29. The third kappa shape index (κ3) is 3.43. The van der Waals surface area contributed by atoms with Crippen LogP contribution in [0.1, 0.15) is 27.4 Å². The van der Waals surface area contributed by atoms with Crippen molar-refractivity contribution >= 4 is 44.5 Å². The van der Waals surface area contributed by atoms with Gasteiger partial charge in [0.05, 0.1) is 23.8 Å². The standard InChI is InChI=1S/C17H14F2N4O4S/c1-7-5-10(15(18)19)22-17-12(7)13(20)14(28-17)16(24)21-9-4-3-8(27-2)6-11(9)23(25)26/h3-6,15H,20H2,1-2H3,(H,21,24). The van der Waals surface area contributed by atoms with Crippen molar-refractivity contribution in [2.45, 2.75) is 13.3 Å². The number of hydrogen-bond acceptors (Lipinski definition) is 7. The van der Waals surface area contributed by atoms with E-state index >= 15 is 0 Å². The van der Waals surface area contributed by atoms with Crippen molar-refractivity contribution in [3.8, 4) is 5.75 Å². The number of alkyl halides is 2. The van der Waals surface area contributed by atoms with Gasteiger partial charge in [0, 0.05) is 5.39 Å². The number of benzene rings is 1. The van der Waals surface area contributed by atoms with Gasteiger partial charge < -0.3 is 15.8 Å². The van der Waals surface area contributed by atoms with E-state index in [0.29, 0.717) is 10.9 Å². The van der Waals surface area contributed by atoms with E-state index in [4.69, 9.17) is 10.5 Å². The van der Waals surface area contributed by atoms with Gasteiger partial charge in [-0.15, -0.1) is 11.3 Å². The number of nitrogens with two attached hydrogens (primary N) is 1. The first-order valence-corrected chi connectivity index (χ1v) is 8.66. The van der Waals surface area contributed by atoms with Gasteiger partial charge in [-0.05, 0) is 30.7 Å². The molecular weight excluding hydrogens is 394 g/mol. The Morgan fingerprint density at radius 1 is 1.39 bits per heavy atom. The Balaban J connectivity index is 2.02. The molecule has 0 aliphatic heterocycles. The molecular formula is C17H14F2N4O4S. The molecule has 3 N–H and O–H groups in total. The Morgan fingerprint density at radius 3 is 2.71 bits per heavy atom. The Labute approximate surface area is 161 Å². The number of rotatable bonds is 5. The monoisotopic (exact) mass is 408 g/mol. The molecule has 1 amide bonds. The molecule has 2 aromatic heterocycles. The molecule has 11 heteroatoms. The molecule has 8 nitrogen and oxygen atoms in total. The summed E-state index contributed by atoms with van der Waals surface area (Å²) in [5.41, 5.74) is 5.75. The number of amides is 1. The predicted molar refractivity (Wildman–Crippen MR) is 101 cm³/mol. The van der Waals surface area contributed by atoms with Crippen LogP contribution < -0.4 is 15.8 Å². The van der Waals surface area contributed by atoms with Crippen LogP contribution in [0.4, 0.5) is 25.8 Å². The summed E-state index contributed by atoms with van der Waals surface area (Å²) in [5.74, 6) is -0.447. The number of hydrogen-bond donors (Lipinski definition) is 2. The molecule has 146 valence electrons. The topological polar surface area (TPSA) is 120 Å². The van der Waals surface area contributed by atoms with Crippen LogP contribution >= 0.6 is 11.3 Å². The Bertz CT molecular complexity index is 1100. The van der Waals surface area contributed by atoms with Gasteiger partial charge in [0.1, 0.15) is 26.8 Å². The van der Waals surface area contributed by atoms with Gasteiger partial charge in [0.2, 0.25) is 0 Å². The first kappa shape index (κ1) is 19.4. The molecule has 0 fully saturated rings. The van der Waals surface area contributed by atoms with Crippen LogP contribution in [0.2, 0.25) is 0 Å². The molecule has 0 bridgehead atoms. The van der Waals surface area contributed by atoms with Gasteiger partial charge in [0.15, 0.2) is 0 Å². The second-order valence-corrected chi connectivity index (χ2v) is 6.78. The number of nitro benzene ring substituents is 1. The molecule has 3 aromatic rings. The zero-order valence-electron chi connectivity index (χ0n) is 14.7. The van der Waals surface area contributed by atoms with Crippen LogP contribution in [0.15, 0.2) is 24.3 Å². The summed E-state index contributed by atoms with van der Waals surface area (Å²) >= 11 is 0.843. The number of nitrogens with zero attached hydrogens (tertiary/aromatic N) is 2. The molecule has 3 rings (SSSR count). The van der Waals surface area contributed by atoms with Crippen LogP contribution in [-0.4, -0.2) is 22.9 Å². The summed E-state index contributed by atoms with van der Waals surface area (Å²) in [4.78, 5) is 27.3. The zero-order chi connectivity index (χ0) is 20.6. The van der Waals surface area contributed by atoms with Crippen molar-refractivity contribution in [2.24, 2.45) is 0 Å². The number of aryl methyl sites for hydroxylation is 1. The minimum Gasteiger partial charge on any atom is -0.496 e. The van der Waals surface area contributed by atoms with Crippen molar-refractivity contribution in [3.63, 3.8) is 0 Å². The van der Waals surface area contributed by atoms with Crippen LogP contribution in [-0.2, 0) is 0 Å². The molecule has 0 aliphatic carbocycles. The SMILES string of the molecule is COc1ccc(NC(=O)c2sc3nc(C(F)F)cc(C)c3c2N)c([N+](=O)[O-])c1. The molecule has 0 radical (unpaired) electrons. The number of aromatic nitrogens is 1. The van der Waals surface area contributed by atoms with Crippen LogP contribution in [0.25, 0.3) is 10.2 Å². The third-order valence-electron chi connectivity index (χ3n) is 4.00. The van der Waals surface area contributed by atoms with E-state index in [0.717, 1.165) is 11.3 Å². The maximum Gasteiger partial charge on any atom is 0.296 e. The number of carbonyl (C=O) groups excluding carboxylic acids is 1. The highest BCUT2D eigenvalue weighted by atomic mass is 32.1. The number of pyridine rings is 1. The van der Waals surface area contributed by atoms with Gasteiger partial charge in [0.25, 0.3) is 18.0 Å². The lowest BCUT2D eigenvalue weighted by molar-refractivity contribution is -0.384. The summed E-state index contributed by atoms with van der Waals surface area (Å²) in [5, 5.41) is 14.1. The summed E-state index contributed by atoms with van der Waals surface area (Å²) in [6, 6.07) is 5.17. The average Bonchev–Trinajstić information content (AvgIpc) is 2.99. The number of nitrogen functional groups attached to an aromatic ring is 1. The van der Waals surface area contributed by atoms with Crippen molar-refractivity contribution in [3.05, 3.63) is 50.5 Å². The van der Waals surface area contributed by atoms with Gasteiger partial charge in [-0.3, -0.25) is 14.9 Å². The minimum atomic E-state index is -2.76. The number of fused-ring (bicyclic) bond motifs is 1. The normalized spacial score (nSPS) is 11.0. The van der Waals surface area contributed by atoms with E-state index in [1.54, 1.807) is 6.92 Å². The van der Waals surface area contributed by atoms with E-state index < -0.39 is 22.9 Å². The van der Waals surface area contributed by atoms with E-state index in [9.17, 15) is 23.7 Å². The van der Waals surface area contributed by atoms with Crippen LogP contribution in [0, 0.1) is 17.0 Å². The maximum atomic E-state index is 13.0. The number of thiophene rings is 1. The molecule has 28 heavy (non-hydrogen) atoms. The third-order valence-corrected chi connectivity index (χ3v) is 5.09. The summed E-state index contributed by atoms with van der Waals surface area (Å²) in [7, 11) is 1.36. The lowest BCUT2D eigenvalue weighted by atomic mass is 10.1. The molecule has 0 aliphatic rings. The van der Waals surface area contributed by atoms with Gasteiger partial charge in [-0.2, -0.15) is 0 Å². The number of nitrogens with one attached hydrogen (secondary N) is 1. The molecule has 0 spiro atoms. The highest BCUT2D eigenvalue weighted by Gasteiger charge is 2.23. The first-order valence-electron chi connectivity index (χ1n) is 7.84. The minimum absolute atomic E-state index is 0.0298. The van der Waals surface area contributed by atoms with Gasteiger partial charge in [-0.25, -0.2) is 13.8 Å². The quantitative estimate of drug-likeness (QED) is 0.480. The van der Waals surface area contributed by atoms with Crippen molar-refractivity contribution < 1.29 is 23.2 Å². The fraction of sp³-hybridized carbons (Fsp3) is 0.176. The molecule has 0 saturated carbocycles. The van der Waals surface area contributed by atoms with E-state index in [1.165, 1.54) is 31.4 Å². The number of nitro groups is 1. The van der Waals surface area contributed by atoms with Crippen LogP contribution in [0.5, 0.6) is 5.75 Å².